The molecule has 2 N–H and O–H groups in total. The minimum atomic E-state index is -0.00783. The van der Waals surface area contributed by atoms with Crippen LogP contribution in [-0.4, -0.2) is 4.98 Å². The largest absolute Gasteiger partial charge is 0.486 e. The van der Waals surface area contributed by atoms with Crippen LogP contribution in [-0.2, 0) is 0 Å². The third-order valence-electron chi connectivity index (χ3n) is 3.35. The molecule has 1 heterocycles. The van der Waals surface area contributed by atoms with Crippen LogP contribution in [0.1, 0.15) is 18.6 Å². The van der Waals surface area contributed by atoms with Crippen LogP contribution in [0.3, 0.4) is 0 Å². The summed E-state index contributed by atoms with van der Waals surface area (Å²) in [5, 5.41) is 1.99. The fourth-order valence-corrected chi connectivity index (χ4v) is 2.24. The Kier molecular flexibility index (Phi) is 3.25. The van der Waals surface area contributed by atoms with Crippen LogP contribution < -0.4 is 10.5 Å². The number of anilines is 1. The smallest absolute Gasteiger partial charge is 0.131 e. The first kappa shape index (κ1) is 12.5. The topological polar surface area (TPSA) is 48.1 Å². The molecule has 3 nitrogen and oxygen atoms in total. The second-order valence-corrected chi connectivity index (χ2v) is 4.75. The SMILES string of the molecule is CC(Oc1ccc2ccnc(N)c2c1)c1ccccc1. The van der Waals surface area contributed by atoms with Crippen LogP contribution in [0.2, 0.25) is 0 Å². The Labute approximate surface area is 118 Å². The zero-order valence-electron chi connectivity index (χ0n) is 11.3. The lowest BCUT2D eigenvalue weighted by Crippen LogP contribution is -2.02. The van der Waals surface area contributed by atoms with Gasteiger partial charge in [-0.15, -0.1) is 0 Å². The number of pyridine rings is 1. The Hall–Kier alpha value is -2.55. The van der Waals surface area contributed by atoms with Crippen molar-refractivity contribution in [3.8, 4) is 5.75 Å². The van der Waals surface area contributed by atoms with Crippen molar-refractivity contribution < 1.29 is 4.74 Å². The Morgan fingerprint density at radius 2 is 1.85 bits per heavy atom. The number of ether oxygens (including phenoxy) is 1. The van der Waals surface area contributed by atoms with Crippen LogP contribution >= 0.6 is 0 Å². The van der Waals surface area contributed by atoms with Crippen LogP contribution in [0, 0.1) is 0 Å². The molecular weight excluding hydrogens is 248 g/mol. The molecule has 0 aliphatic heterocycles. The second kappa shape index (κ2) is 5.21. The summed E-state index contributed by atoms with van der Waals surface area (Å²) in [5.41, 5.74) is 7.05. The van der Waals surface area contributed by atoms with E-state index in [-0.39, 0.29) is 6.10 Å². The minimum Gasteiger partial charge on any atom is -0.486 e. The molecule has 3 aromatic rings. The van der Waals surface area contributed by atoms with Gasteiger partial charge in [0.1, 0.15) is 17.7 Å². The number of hydrogen-bond acceptors (Lipinski definition) is 3. The summed E-state index contributed by atoms with van der Waals surface area (Å²) in [5.74, 6) is 1.33. The van der Waals surface area contributed by atoms with Gasteiger partial charge in [0.25, 0.3) is 0 Å². The number of rotatable bonds is 3. The van der Waals surface area contributed by atoms with Gasteiger partial charge in [-0.3, -0.25) is 0 Å². The highest BCUT2D eigenvalue weighted by Gasteiger charge is 2.08. The summed E-state index contributed by atoms with van der Waals surface area (Å²) in [6.45, 7) is 2.03. The Morgan fingerprint density at radius 1 is 1.05 bits per heavy atom. The van der Waals surface area contributed by atoms with E-state index >= 15 is 0 Å². The third-order valence-corrected chi connectivity index (χ3v) is 3.35. The number of aromatic nitrogens is 1. The number of fused-ring (bicyclic) bond motifs is 1. The van der Waals surface area contributed by atoms with Crippen LogP contribution in [0.25, 0.3) is 10.8 Å². The quantitative estimate of drug-likeness (QED) is 0.779. The highest BCUT2D eigenvalue weighted by atomic mass is 16.5. The molecule has 1 atom stereocenters. The summed E-state index contributed by atoms with van der Waals surface area (Å²) in [4.78, 5) is 4.11. The van der Waals surface area contributed by atoms with Crippen molar-refractivity contribution in [2.45, 2.75) is 13.0 Å². The first-order valence-corrected chi connectivity index (χ1v) is 6.60. The van der Waals surface area contributed by atoms with Gasteiger partial charge in [0.15, 0.2) is 0 Å². The molecule has 3 rings (SSSR count). The lowest BCUT2D eigenvalue weighted by Gasteiger charge is -2.15. The first-order valence-electron chi connectivity index (χ1n) is 6.60. The zero-order valence-corrected chi connectivity index (χ0v) is 11.3. The van der Waals surface area contributed by atoms with Crippen LogP contribution in [0.4, 0.5) is 5.82 Å². The zero-order chi connectivity index (χ0) is 13.9. The summed E-state index contributed by atoms with van der Waals surface area (Å²) in [6.07, 6.45) is 1.71. The van der Waals surface area contributed by atoms with E-state index in [1.807, 2.05) is 49.4 Å². The molecule has 0 aliphatic rings. The molecule has 100 valence electrons. The van der Waals surface area contributed by atoms with Crippen molar-refractivity contribution in [3.05, 3.63) is 66.4 Å². The van der Waals surface area contributed by atoms with Gasteiger partial charge >= 0.3 is 0 Å². The van der Waals surface area contributed by atoms with Crippen molar-refractivity contribution in [1.82, 2.24) is 4.98 Å². The van der Waals surface area contributed by atoms with E-state index in [0.29, 0.717) is 5.82 Å². The van der Waals surface area contributed by atoms with E-state index < -0.39 is 0 Å². The lowest BCUT2D eigenvalue weighted by atomic mass is 10.1. The maximum Gasteiger partial charge on any atom is 0.131 e. The van der Waals surface area contributed by atoms with Crippen LogP contribution in [0.5, 0.6) is 5.75 Å². The Bertz CT molecular complexity index is 725. The Balaban J connectivity index is 1.90. The molecular formula is C17H16N2O. The summed E-state index contributed by atoms with van der Waals surface area (Å²) < 4.78 is 5.98. The van der Waals surface area contributed by atoms with Gasteiger partial charge in [-0.05, 0) is 36.1 Å². The van der Waals surface area contributed by atoms with Crippen molar-refractivity contribution >= 4 is 16.6 Å². The predicted octanol–water partition coefficient (Wildman–Crippen LogP) is 3.96. The van der Waals surface area contributed by atoms with Crippen molar-refractivity contribution in [1.29, 1.82) is 0 Å². The molecule has 0 bridgehead atoms. The molecule has 0 fully saturated rings. The summed E-state index contributed by atoms with van der Waals surface area (Å²) in [6, 6.07) is 18.0. The molecule has 0 amide bonds. The number of nitrogens with zero attached hydrogens (tertiary/aromatic N) is 1. The van der Waals surface area contributed by atoms with Crippen LogP contribution in [0.15, 0.2) is 60.8 Å². The molecule has 0 aliphatic carbocycles. The fourth-order valence-electron chi connectivity index (χ4n) is 2.24. The normalized spacial score (nSPS) is 12.2. The van der Waals surface area contributed by atoms with Crippen molar-refractivity contribution in [2.24, 2.45) is 0 Å². The highest BCUT2D eigenvalue weighted by Crippen LogP contribution is 2.27. The minimum absolute atomic E-state index is 0.00783. The van der Waals surface area contributed by atoms with Gasteiger partial charge in [0.05, 0.1) is 0 Å². The lowest BCUT2D eigenvalue weighted by molar-refractivity contribution is 0.227. The molecule has 0 saturated carbocycles. The molecule has 1 aromatic heterocycles. The number of benzene rings is 2. The van der Waals surface area contributed by atoms with E-state index in [2.05, 4.69) is 17.1 Å². The van der Waals surface area contributed by atoms with E-state index in [0.717, 1.165) is 22.1 Å². The van der Waals surface area contributed by atoms with Gasteiger partial charge < -0.3 is 10.5 Å². The Morgan fingerprint density at radius 3 is 2.65 bits per heavy atom. The molecule has 0 spiro atoms. The first-order chi connectivity index (χ1) is 9.74. The maximum atomic E-state index is 5.98. The molecule has 0 saturated heterocycles. The van der Waals surface area contributed by atoms with Gasteiger partial charge in [0.2, 0.25) is 0 Å². The standard InChI is InChI=1S/C17H16N2O/c1-12(13-5-3-2-4-6-13)20-15-8-7-14-9-10-19-17(18)16(14)11-15/h2-12H,1H3,(H2,18,19). The molecule has 2 aromatic carbocycles. The van der Waals surface area contributed by atoms with Crippen molar-refractivity contribution in [3.63, 3.8) is 0 Å². The summed E-state index contributed by atoms with van der Waals surface area (Å²) in [7, 11) is 0. The maximum absolute atomic E-state index is 5.98. The molecule has 0 radical (unpaired) electrons. The fraction of sp³-hybridized carbons (Fsp3) is 0.118. The average molecular weight is 264 g/mol. The van der Waals surface area contributed by atoms with E-state index in [1.165, 1.54) is 0 Å². The van der Waals surface area contributed by atoms with Gasteiger partial charge in [-0.25, -0.2) is 4.98 Å². The second-order valence-electron chi connectivity index (χ2n) is 4.75. The number of nitrogen functional groups attached to an aromatic ring is 1. The predicted molar refractivity (Wildman–Crippen MR) is 81.6 cm³/mol. The highest BCUT2D eigenvalue weighted by molar-refractivity contribution is 5.91. The van der Waals surface area contributed by atoms with Gasteiger partial charge in [-0.2, -0.15) is 0 Å². The summed E-state index contributed by atoms with van der Waals surface area (Å²) >= 11 is 0. The van der Waals surface area contributed by atoms with E-state index in [1.54, 1.807) is 6.20 Å². The molecule has 20 heavy (non-hydrogen) atoms. The van der Waals surface area contributed by atoms with Gasteiger partial charge in [0, 0.05) is 11.6 Å². The van der Waals surface area contributed by atoms with Crippen molar-refractivity contribution in [2.75, 3.05) is 5.73 Å². The number of hydrogen-bond donors (Lipinski definition) is 1. The third kappa shape index (κ3) is 2.43. The van der Waals surface area contributed by atoms with E-state index in [9.17, 15) is 0 Å². The van der Waals surface area contributed by atoms with Gasteiger partial charge in [-0.1, -0.05) is 36.4 Å². The monoisotopic (exact) mass is 264 g/mol. The molecule has 1 unspecified atom stereocenters. The number of nitrogens with two attached hydrogens (primary N) is 1. The molecule has 3 heteroatoms. The van der Waals surface area contributed by atoms with E-state index in [4.69, 9.17) is 10.5 Å². The average Bonchev–Trinajstić information content (AvgIpc) is 2.49.